The van der Waals surface area contributed by atoms with Crippen LogP contribution in [0.15, 0.2) is 36.7 Å². The zero-order chi connectivity index (χ0) is 13.7. The molecule has 0 saturated carbocycles. The van der Waals surface area contributed by atoms with Crippen molar-refractivity contribution in [3.05, 3.63) is 47.8 Å². The van der Waals surface area contributed by atoms with E-state index in [9.17, 15) is 0 Å². The minimum atomic E-state index is 0.642. The summed E-state index contributed by atoms with van der Waals surface area (Å²) in [7, 11) is 0. The van der Waals surface area contributed by atoms with E-state index in [-0.39, 0.29) is 0 Å². The summed E-state index contributed by atoms with van der Waals surface area (Å²) in [5.41, 5.74) is 4.53. The third-order valence-corrected chi connectivity index (χ3v) is 2.76. The minimum Gasteiger partial charge on any atom is -0.384 e. The van der Waals surface area contributed by atoms with Crippen molar-refractivity contribution < 1.29 is 0 Å². The molecule has 4 heteroatoms. The van der Waals surface area contributed by atoms with Gasteiger partial charge in [-0.25, -0.2) is 0 Å². The highest BCUT2D eigenvalue weighted by molar-refractivity contribution is 5.66. The van der Waals surface area contributed by atoms with E-state index in [4.69, 9.17) is 5.26 Å². The average molecular weight is 252 g/mol. The number of aromatic nitrogens is 1. The molecule has 19 heavy (non-hydrogen) atoms. The fraction of sp³-hybridized carbons (Fsp3) is 0.200. The van der Waals surface area contributed by atoms with Crippen molar-refractivity contribution in [3.63, 3.8) is 0 Å². The highest BCUT2D eigenvalue weighted by atomic mass is 14.9. The summed E-state index contributed by atoms with van der Waals surface area (Å²) >= 11 is 0. The second kappa shape index (κ2) is 5.87. The predicted molar refractivity (Wildman–Crippen MR) is 77.6 cm³/mol. The van der Waals surface area contributed by atoms with Gasteiger partial charge in [0.1, 0.15) is 0 Å². The van der Waals surface area contributed by atoms with Crippen molar-refractivity contribution in [1.82, 2.24) is 4.98 Å². The maximum Gasteiger partial charge on any atom is 0.0992 e. The largest absolute Gasteiger partial charge is 0.384 e. The van der Waals surface area contributed by atoms with Crippen molar-refractivity contribution in [1.29, 1.82) is 5.26 Å². The van der Waals surface area contributed by atoms with E-state index in [2.05, 4.69) is 21.7 Å². The van der Waals surface area contributed by atoms with Crippen LogP contribution < -0.4 is 10.6 Å². The van der Waals surface area contributed by atoms with Crippen LogP contribution in [0.1, 0.15) is 18.1 Å². The van der Waals surface area contributed by atoms with Crippen molar-refractivity contribution >= 4 is 17.1 Å². The number of aryl methyl sites for hydroxylation is 1. The van der Waals surface area contributed by atoms with Gasteiger partial charge in [-0.2, -0.15) is 5.26 Å². The van der Waals surface area contributed by atoms with Gasteiger partial charge in [-0.15, -0.1) is 0 Å². The first-order valence-electron chi connectivity index (χ1n) is 6.19. The molecule has 0 bridgehead atoms. The van der Waals surface area contributed by atoms with Crippen LogP contribution in [0, 0.1) is 18.3 Å². The summed E-state index contributed by atoms with van der Waals surface area (Å²) in [6, 6.07) is 9.73. The predicted octanol–water partition coefficient (Wildman–Crippen LogP) is 3.44. The molecule has 0 amide bonds. The summed E-state index contributed by atoms with van der Waals surface area (Å²) in [5.74, 6) is 0. The Morgan fingerprint density at radius 3 is 2.74 bits per heavy atom. The van der Waals surface area contributed by atoms with Gasteiger partial charge >= 0.3 is 0 Å². The van der Waals surface area contributed by atoms with Crippen LogP contribution in [0.2, 0.25) is 0 Å². The van der Waals surface area contributed by atoms with Crippen molar-refractivity contribution in [3.8, 4) is 6.07 Å². The van der Waals surface area contributed by atoms with Gasteiger partial charge < -0.3 is 10.6 Å². The van der Waals surface area contributed by atoms with Crippen LogP contribution in [0.4, 0.5) is 17.1 Å². The molecule has 4 nitrogen and oxygen atoms in total. The van der Waals surface area contributed by atoms with E-state index in [0.29, 0.717) is 5.56 Å². The molecule has 0 fully saturated rings. The van der Waals surface area contributed by atoms with E-state index in [1.165, 1.54) is 0 Å². The number of hydrogen-bond acceptors (Lipinski definition) is 4. The molecule has 0 aliphatic rings. The molecule has 0 aliphatic carbocycles. The van der Waals surface area contributed by atoms with E-state index in [1.54, 1.807) is 12.4 Å². The number of hydrogen-bond donors (Lipinski definition) is 2. The Morgan fingerprint density at radius 2 is 2.00 bits per heavy atom. The Morgan fingerprint density at radius 1 is 1.21 bits per heavy atom. The van der Waals surface area contributed by atoms with Crippen LogP contribution in [0.5, 0.6) is 0 Å². The maximum absolute atomic E-state index is 8.93. The van der Waals surface area contributed by atoms with Crippen LogP contribution in [0.3, 0.4) is 0 Å². The summed E-state index contributed by atoms with van der Waals surface area (Å²) < 4.78 is 0. The van der Waals surface area contributed by atoms with Gasteiger partial charge in [0, 0.05) is 12.2 Å². The summed E-state index contributed by atoms with van der Waals surface area (Å²) in [6.07, 6.45) is 3.55. The van der Waals surface area contributed by atoms with Crippen LogP contribution >= 0.6 is 0 Å². The third kappa shape index (κ3) is 3.23. The summed E-state index contributed by atoms with van der Waals surface area (Å²) in [6.45, 7) is 4.90. The standard InChI is InChI=1S/C15H16N4/c1-3-18-13-7-14(10-17-9-13)19-15-6-12(8-16)5-4-11(15)2/h4-7,9-10,18-19H,3H2,1-2H3. The van der Waals surface area contributed by atoms with E-state index < -0.39 is 0 Å². The lowest BCUT2D eigenvalue weighted by atomic mass is 10.1. The Balaban J connectivity index is 2.26. The van der Waals surface area contributed by atoms with Gasteiger partial charge in [-0.05, 0) is 37.6 Å². The molecule has 2 N–H and O–H groups in total. The normalized spacial score (nSPS) is 9.74. The van der Waals surface area contributed by atoms with E-state index in [0.717, 1.165) is 29.2 Å². The van der Waals surface area contributed by atoms with Gasteiger partial charge in [0.05, 0.1) is 35.4 Å². The summed E-state index contributed by atoms with van der Waals surface area (Å²) in [4.78, 5) is 4.18. The smallest absolute Gasteiger partial charge is 0.0992 e. The number of nitrogens with one attached hydrogen (secondary N) is 2. The highest BCUT2D eigenvalue weighted by Gasteiger charge is 2.02. The molecule has 96 valence electrons. The lowest BCUT2D eigenvalue weighted by Gasteiger charge is -2.11. The zero-order valence-corrected chi connectivity index (χ0v) is 11.1. The number of benzene rings is 1. The Bertz CT molecular complexity index is 614. The molecular weight excluding hydrogens is 236 g/mol. The van der Waals surface area contributed by atoms with Gasteiger partial charge in [0.2, 0.25) is 0 Å². The van der Waals surface area contributed by atoms with E-state index >= 15 is 0 Å². The quantitative estimate of drug-likeness (QED) is 0.875. The van der Waals surface area contributed by atoms with Gasteiger partial charge in [0.25, 0.3) is 0 Å². The van der Waals surface area contributed by atoms with Crippen LogP contribution in [0.25, 0.3) is 0 Å². The third-order valence-electron chi connectivity index (χ3n) is 2.76. The first-order chi connectivity index (χ1) is 9.22. The average Bonchev–Trinajstić information content (AvgIpc) is 2.42. The molecule has 0 saturated heterocycles. The minimum absolute atomic E-state index is 0.642. The summed E-state index contributed by atoms with van der Waals surface area (Å²) in [5, 5.41) is 15.4. The topological polar surface area (TPSA) is 60.7 Å². The SMILES string of the molecule is CCNc1cncc(Nc2cc(C#N)ccc2C)c1. The first kappa shape index (κ1) is 12.9. The van der Waals surface area contributed by atoms with Gasteiger partial charge in [-0.3, -0.25) is 4.98 Å². The number of pyridine rings is 1. The lowest BCUT2D eigenvalue weighted by molar-refractivity contribution is 1.19. The zero-order valence-electron chi connectivity index (χ0n) is 11.1. The van der Waals surface area contributed by atoms with Gasteiger partial charge in [-0.1, -0.05) is 6.07 Å². The number of nitriles is 1. The molecule has 1 aromatic heterocycles. The Labute approximate surface area is 113 Å². The molecule has 2 aromatic rings. The molecule has 1 heterocycles. The second-order valence-electron chi connectivity index (χ2n) is 4.26. The molecule has 2 rings (SSSR count). The molecule has 0 unspecified atom stereocenters. The number of anilines is 3. The van der Waals surface area contributed by atoms with Crippen molar-refractivity contribution in [2.75, 3.05) is 17.2 Å². The fourth-order valence-electron chi connectivity index (χ4n) is 1.79. The molecule has 0 radical (unpaired) electrons. The van der Waals surface area contributed by atoms with Gasteiger partial charge in [0.15, 0.2) is 0 Å². The van der Waals surface area contributed by atoms with Crippen LogP contribution in [-0.2, 0) is 0 Å². The molecule has 0 aliphatic heterocycles. The second-order valence-corrected chi connectivity index (χ2v) is 4.26. The number of rotatable bonds is 4. The van der Waals surface area contributed by atoms with Crippen molar-refractivity contribution in [2.45, 2.75) is 13.8 Å². The molecule has 0 atom stereocenters. The maximum atomic E-state index is 8.93. The fourth-order valence-corrected chi connectivity index (χ4v) is 1.79. The van der Waals surface area contributed by atoms with Crippen molar-refractivity contribution in [2.24, 2.45) is 0 Å². The Kier molecular flexibility index (Phi) is 3.99. The molecular formula is C15H16N4. The first-order valence-corrected chi connectivity index (χ1v) is 6.19. The monoisotopic (exact) mass is 252 g/mol. The number of nitrogens with zero attached hydrogens (tertiary/aromatic N) is 2. The molecule has 1 aromatic carbocycles. The lowest BCUT2D eigenvalue weighted by Crippen LogP contribution is -1.99. The van der Waals surface area contributed by atoms with E-state index in [1.807, 2.05) is 38.1 Å². The van der Waals surface area contributed by atoms with Crippen LogP contribution in [-0.4, -0.2) is 11.5 Å². The molecule has 0 spiro atoms. The Hall–Kier alpha value is -2.54. The highest BCUT2D eigenvalue weighted by Crippen LogP contribution is 2.22.